The van der Waals surface area contributed by atoms with Crippen LogP contribution >= 0.6 is 0 Å². The third kappa shape index (κ3) is 1.86. The summed E-state index contributed by atoms with van der Waals surface area (Å²) in [6, 6.07) is -1.26. The molecule has 1 aromatic carbocycles. The highest BCUT2D eigenvalue weighted by Gasteiger charge is 1.84. The van der Waals surface area contributed by atoms with Gasteiger partial charge in [-0.15, -0.1) is 0 Å². The van der Waals surface area contributed by atoms with Crippen LogP contribution in [0.4, 0.5) is 0 Å². The normalized spacial score (nSPS) is 17.2. The minimum Gasteiger partial charge on any atom is -0.330 e. The number of nitrogens with two attached hydrogens (primary N) is 1. The molecule has 0 fully saturated rings. The van der Waals surface area contributed by atoms with Gasteiger partial charge in [0.1, 0.15) is 0 Å². The van der Waals surface area contributed by atoms with E-state index in [4.69, 9.17) is 12.6 Å². The molecular formula is C8H11N. The fraction of sp³-hybridized carbons (Fsp3) is 0.250. The van der Waals surface area contributed by atoms with E-state index in [1.807, 2.05) is 0 Å². The van der Waals surface area contributed by atoms with Crippen LogP contribution in [0.25, 0.3) is 0 Å². The Morgan fingerprint density at radius 2 is 2.00 bits per heavy atom. The van der Waals surface area contributed by atoms with Crippen molar-refractivity contribution in [3.05, 3.63) is 35.8 Å². The summed E-state index contributed by atoms with van der Waals surface area (Å²) in [7, 11) is 0. The lowest BCUT2D eigenvalue weighted by Crippen LogP contribution is -2.01. The minimum atomic E-state index is -0.360. The molecule has 0 aliphatic carbocycles. The Morgan fingerprint density at radius 3 is 2.56 bits per heavy atom. The fourth-order valence-electron chi connectivity index (χ4n) is 0.545. The van der Waals surface area contributed by atoms with Crippen LogP contribution in [0, 0.1) is 0 Å². The largest absolute Gasteiger partial charge is 0.330 e. The van der Waals surface area contributed by atoms with E-state index in [1.54, 1.807) is 0 Å². The van der Waals surface area contributed by atoms with E-state index >= 15 is 0 Å². The van der Waals surface area contributed by atoms with Crippen molar-refractivity contribution in [3.63, 3.8) is 0 Å². The Morgan fingerprint density at radius 1 is 1.33 bits per heavy atom. The average Bonchev–Trinajstić information content (AvgIpc) is 2.19. The van der Waals surface area contributed by atoms with Gasteiger partial charge in [-0.05, 0) is 18.5 Å². The molecular weight excluding hydrogens is 110 g/mol. The first-order chi connectivity index (χ1) is 6.50. The zero-order chi connectivity index (χ0) is 10.9. The SMILES string of the molecule is [2H]c1c([2H])c([2H])c(CCN)c([2H])c1[2H]. The first kappa shape index (κ1) is 2.43. The molecule has 2 N–H and O–H groups in total. The standard InChI is InChI=1S/C8H11N/c9-7-6-8-4-2-1-3-5-8/h1-5H,6-7,9H2/i1D,2D,3D,4D,5D. The summed E-state index contributed by atoms with van der Waals surface area (Å²) in [6.45, 7) is 0.272. The Balaban J connectivity index is 3.43. The second kappa shape index (κ2) is 3.25. The number of hydrogen-bond acceptors (Lipinski definition) is 1. The van der Waals surface area contributed by atoms with E-state index in [0.717, 1.165) is 0 Å². The molecule has 1 rings (SSSR count). The van der Waals surface area contributed by atoms with Crippen LogP contribution in [-0.4, -0.2) is 6.54 Å². The van der Waals surface area contributed by atoms with Gasteiger partial charge in [0.05, 0.1) is 6.85 Å². The lowest BCUT2D eigenvalue weighted by atomic mass is 10.2. The molecule has 9 heavy (non-hydrogen) atoms. The van der Waals surface area contributed by atoms with Crippen molar-refractivity contribution in [2.75, 3.05) is 6.54 Å². The first-order valence-corrected chi connectivity index (χ1v) is 2.76. The molecule has 0 saturated carbocycles. The lowest BCUT2D eigenvalue weighted by molar-refractivity contribution is 0.969. The molecule has 1 aromatic rings. The highest BCUT2D eigenvalue weighted by Crippen LogP contribution is 1.96. The van der Waals surface area contributed by atoms with Gasteiger partial charge in [0.25, 0.3) is 0 Å². The summed E-state index contributed by atoms with van der Waals surface area (Å²) in [6.07, 6.45) is 0.301. The summed E-state index contributed by atoms with van der Waals surface area (Å²) < 4.78 is 37.1. The van der Waals surface area contributed by atoms with Crippen LogP contribution < -0.4 is 5.73 Å². The van der Waals surface area contributed by atoms with E-state index in [-0.39, 0.29) is 36.8 Å². The Bertz CT molecular complexity index is 334. The van der Waals surface area contributed by atoms with Gasteiger partial charge in [0.2, 0.25) is 0 Å². The highest BCUT2D eigenvalue weighted by atomic mass is 14.5. The van der Waals surface area contributed by atoms with Gasteiger partial charge in [0.15, 0.2) is 0 Å². The maximum absolute atomic E-state index is 7.51. The predicted octanol–water partition coefficient (Wildman–Crippen LogP) is 1.19. The van der Waals surface area contributed by atoms with Gasteiger partial charge in [-0.25, -0.2) is 0 Å². The highest BCUT2D eigenvalue weighted by molar-refractivity contribution is 5.14. The molecule has 0 amide bonds. The van der Waals surface area contributed by atoms with E-state index < -0.39 is 0 Å². The molecule has 0 aromatic heterocycles. The molecule has 0 radical (unpaired) electrons. The third-order valence-corrected chi connectivity index (χ3v) is 0.946. The molecule has 48 valence electrons. The van der Waals surface area contributed by atoms with E-state index in [2.05, 4.69) is 0 Å². The summed E-state index contributed by atoms with van der Waals surface area (Å²) in [4.78, 5) is 0. The Kier molecular flexibility index (Phi) is 0.878. The molecule has 0 unspecified atom stereocenters. The number of hydrogen-bond donors (Lipinski definition) is 1. The number of rotatable bonds is 2. The van der Waals surface area contributed by atoms with E-state index in [0.29, 0.717) is 12.0 Å². The molecule has 0 aliphatic rings. The summed E-state index contributed by atoms with van der Waals surface area (Å²) >= 11 is 0. The van der Waals surface area contributed by atoms with Crippen LogP contribution in [0.5, 0.6) is 0 Å². The van der Waals surface area contributed by atoms with Gasteiger partial charge < -0.3 is 5.73 Å². The maximum Gasteiger partial charge on any atom is 0.0626 e. The van der Waals surface area contributed by atoms with Gasteiger partial charge in [0, 0.05) is 0 Å². The zero-order valence-corrected chi connectivity index (χ0v) is 4.99. The van der Waals surface area contributed by atoms with Crippen LogP contribution in [0.1, 0.15) is 12.4 Å². The molecule has 0 spiro atoms. The van der Waals surface area contributed by atoms with Crippen molar-refractivity contribution in [1.29, 1.82) is 0 Å². The quantitative estimate of drug-likeness (QED) is 0.633. The predicted molar refractivity (Wildman–Crippen MR) is 39.2 cm³/mol. The Labute approximate surface area is 62.5 Å². The van der Waals surface area contributed by atoms with Crippen molar-refractivity contribution < 1.29 is 6.85 Å². The van der Waals surface area contributed by atoms with E-state index in [1.165, 1.54) is 0 Å². The fourth-order valence-corrected chi connectivity index (χ4v) is 0.545. The molecule has 1 heteroatoms. The third-order valence-electron chi connectivity index (χ3n) is 0.946. The average molecular weight is 126 g/mol. The molecule has 0 atom stereocenters. The molecule has 1 nitrogen and oxygen atoms in total. The van der Waals surface area contributed by atoms with Crippen molar-refractivity contribution in [3.8, 4) is 0 Å². The van der Waals surface area contributed by atoms with Gasteiger partial charge in [-0.1, -0.05) is 30.2 Å². The van der Waals surface area contributed by atoms with Crippen LogP contribution in [-0.2, 0) is 6.42 Å². The van der Waals surface area contributed by atoms with Crippen LogP contribution in [0.15, 0.2) is 30.2 Å². The van der Waals surface area contributed by atoms with Gasteiger partial charge in [-0.2, -0.15) is 0 Å². The molecule has 0 aliphatic heterocycles. The lowest BCUT2D eigenvalue weighted by Gasteiger charge is -1.93. The van der Waals surface area contributed by atoms with Crippen molar-refractivity contribution in [2.24, 2.45) is 5.73 Å². The van der Waals surface area contributed by atoms with Crippen molar-refractivity contribution in [1.82, 2.24) is 0 Å². The molecule has 0 heterocycles. The summed E-state index contributed by atoms with van der Waals surface area (Å²) in [5.74, 6) is 0. The minimum absolute atomic E-state index is 0.151. The molecule has 0 saturated heterocycles. The van der Waals surface area contributed by atoms with Crippen LogP contribution in [0.2, 0.25) is 0 Å². The second-order valence-electron chi connectivity index (χ2n) is 1.64. The van der Waals surface area contributed by atoms with Crippen molar-refractivity contribution >= 4 is 0 Å². The summed E-state index contributed by atoms with van der Waals surface area (Å²) in [5, 5.41) is 0. The Hall–Kier alpha value is -0.820. The van der Waals surface area contributed by atoms with Gasteiger partial charge in [-0.3, -0.25) is 0 Å². The molecule has 0 bridgehead atoms. The second-order valence-corrected chi connectivity index (χ2v) is 1.64. The van der Waals surface area contributed by atoms with Crippen molar-refractivity contribution in [2.45, 2.75) is 6.42 Å². The first-order valence-electron chi connectivity index (χ1n) is 5.26. The van der Waals surface area contributed by atoms with Crippen LogP contribution in [0.3, 0.4) is 0 Å². The summed E-state index contributed by atoms with van der Waals surface area (Å²) in [5.41, 5.74) is 5.59. The smallest absolute Gasteiger partial charge is 0.0626 e. The topological polar surface area (TPSA) is 26.0 Å². The van der Waals surface area contributed by atoms with Gasteiger partial charge >= 0.3 is 0 Å². The monoisotopic (exact) mass is 126 g/mol. The number of benzene rings is 1. The maximum atomic E-state index is 7.51. The van der Waals surface area contributed by atoms with E-state index in [9.17, 15) is 0 Å². The zero-order valence-electron chi connectivity index (χ0n) is 9.99.